The number of methoxy groups -OCH3 is 1. The predicted octanol–water partition coefficient (Wildman–Crippen LogP) is 4.63. The fourth-order valence-electron chi connectivity index (χ4n) is 4.16. The molecule has 0 bridgehead atoms. The molecule has 5 nitrogen and oxygen atoms in total. The van der Waals surface area contributed by atoms with Crippen molar-refractivity contribution in [1.82, 2.24) is 0 Å². The van der Waals surface area contributed by atoms with Crippen LogP contribution < -0.4 is 4.74 Å². The Balaban J connectivity index is 1.94. The SMILES string of the molecule is COc1ccc(C2(C#N)CCC(C(=O)O)CC2)c2c1oc1ccccc12. The van der Waals surface area contributed by atoms with Crippen LogP contribution in [0.15, 0.2) is 40.8 Å². The molecule has 1 saturated carbocycles. The van der Waals surface area contributed by atoms with E-state index in [1.165, 1.54) is 0 Å². The topological polar surface area (TPSA) is 83.5 Å². The van der Waals surface area contributed by atoms with Crippen LogP contribution in [0, 0.1) is 17.2 Å². The zero-order valence-electron chi connectivity index (χ0n) is 14.5. The highest BCUT2D eigenvalue weighted by Crippen LogP contribution is 2.47. The van der Waals surface area contributed by atoms with Crippen LogP contribution in [0.2, 0.25) is 0 Å². The van der Waals surface area contributed by atoms with Gasteiger partial charge in [0, 0.05) is 10.8 Å². The third kappa shape index (κ3) is 2.33. The Bertz CT molecular complexity index is 1040. The molecule has 0 unspecified atom stereocenters. The van der Waals surface area contributed by atoms with E-state index in [1.807, 2.05) is 36.4 Å². The Morgan fingerprint density at radius 2 is 2.00 bits per heavy atom. The van der Waals surface area contributed by atoms with Crippen LogP contribution in [0.25, 0.3) is 21.9 Å². The van der Waals surface area contributed by atoms with Crippen LogP contribution in [-0.4, -0.2) is 18.2 Å². The molecule has 0 spiro atoms. The summed E-state index contributed by atoms with van der Waals surface area (Å²) in [6.45, 7) is 0. The lowest BCUT2D eigenvalue weighted by molar-refractivity contribution is -0.143. The largest absolute Gasteiger partial charge is 0.493 e. The summed E-state index contributed by atoms with van der Waals surface area (Å²) in [4.78, 5) is 11.3. The van der Waals surface area contributed by atoms with E-state index in [0.29, 0.717) is 37.0 Å². The van der Waals surface area contributed by atoms with E-state index < -0.39 is 11.4 Å². The molecule has 0 atom stereocenters. The Morgan fingerprint density at radius 3 is 2.65 bits per heavy atom. The van der Waals surface area contributed by atoms with Crippen molar-refractivity contribution in [2.24, 2.45) is 5.92 Å². The van der Waals surface area contributed by atoms with Gasteiger partial charge in [-0.15, -0.1) is 0 Å². The summed E-state index contributed by atoms with van der Waals surface area (Å²) in [5.74, 6) is -0.510. The van der Waals surface area contributed by atoms with Gasteiger partial charge in [-0.2, -0.15) is 5.26 Å². The normalized spacial score (nSPS) is 23.0. The van der Waals surface area contributed by atoms with Gasteiger partial charge in [-0.1, -0.05) is 24.3 Å². The molecule has 1 aliphatic carbocycles. The lowest BCUT2D eigenvalue weighted by atomic mass is 9.66. The number of carboxylic acids is 1. The third-order valence-corrected chi connectivity index (χ3v) is 5.63. The number of para-hydroxylation sites is 1. The van der Waals surface area contributed by atoms with Crippen molar-refractivity contribution >= 4 is 27.9 Å². The van der Waals surface area contributed by atoms with Gasteiger partial charge in [0.2, 0.25) is 0 Å². The highest BCUT2D eigenvalue weighted by Gasteiger charge is 2.41. The van der Waals surface area contributed by atoms with Crippen molar-refractivity contribution in [3.63, 3.8) is 0 Å². The van der Waals surface area contributed by atoms with Crippen LogP contribution in [0.4, 0.5) is 0 Å². The first-order valence-corrected chi connectivity index (χ1v) is 8.72. The monoisotopic (exact) mass is 349 g/mol. The molecule has 0 amide bonds. The van der Waals surface area contributed by atoms with E-state index in [-0.39, 0.29) is 5.92 Å². The number of carbonyl (C=O) groups is 1. The van der Waals surface area contributed by atoms with Gasteiger partial charge in [-0.3, -0.25) is 4.79 Å². The number of nitriles is 1. The molecule has 1 aromatic heterocycles. The molecule has 1 aliphatic rings. The average molecular weight is 349 g/mol. The molecule has 1 heterocycles. The number of hydrogen-bond donors (Lipinski definition) is 1. The van der Waals surface area contributed by atoms with E-state index in [1.54, 1.807) is 7.11 Å². The maximum atomic E-state index is 11.3. The number of rotatable bonds is 3. The maximum Gasteiger partial charge on any atom is 0.306 e. The van der Waals surface area contributed by atoms with Gasteiger partial charge >= 0.3 is 5.97 Å². The zero-order valence-corrected chi connectivity index (χ0v) is 14.5. The molecule has 0 aliphatic heterocycles. The molecule has 0 saturated heterocycles. The number of hydrogen-bond acceptors (Lipinski definition) is 4. The molecule has 0 radical (unpaired) electrons. The summed E-state index contributed by atoms with van der Waals surface area (Å²) in [6, 6.07) is 14.0. The van der Waals surface area contributed by atoms with Gasteiger partial charge in [-0.05, 0) is 43.4 Å². The molecular weight excluding hydrogens is 330 g/mol. The minimum absolute atomic E-state index is 0.369. The molecular formula is C21H19NO4. The van der Waals surface area contributed by atoms with E-state index in [4.69, 9.17) is 9.15 Å². The summed E-state index contributed by atoms with van der Waals surface area (Å²) in [5, 5.41) is 21.2. The second-order valence-corrected chi connectivity index (χ2v) is 6.92. The lowest BCUT2D eigenvalue weighted by Crippen LogP contribution is -2.33. The van der Waals surface area contributed by atoms with Gasteiger partial charge in [0.05, 0.1) is 24.5 Å². The first-order valence-electron chi connectivity index (χ1n) is 8.72. The minimum Gasteiger partial charge on any atom is -0.493 e. The van der Waals surface area contributed by atoms with Gasteiger partial charge < -0.3 is 14.3 Å². The summed E-state index contributed by atoms with van der Waals surface area (Å²) in [6.07, 6.45) is 2.07. The van der Waals surface area contributed by atoms with Crippen LogP contribution in [0.1, 0.15) is 31.2 Å². The van der Waals surface area contributed by atoms with Crippen molar-refractivity contribution < 1.29 is 19.1 Å². The molecule has 1 N–H and O–H groups in total. The first-order chi connectivity index (χ1) is 12.6. The van der Waals surface area contributed by atoms with Crippen molar-refractivity contribution in [2.45, 2.75) is 31.1 Å². The van der Waals surface area contributed by atoms with Crippen LogP contribution in [0.5, 0.6) is 5.75 Å². The van der Waals surface area contributed by atoms with E-state index >= 15 is 0 Å². The van der Waals surface area contributed by atoms with Crippen molar-refractivity contribution in [3.05, 3.63) is 42.0 Å². The molecule has 4 rings (SSSR count). The van der Waals surface area contributed by atoms with Gasteiger partial charge in [-0.25, -0.2) is 0 Å². The smallest absolute Gasteiger partial charge is 0.306 e. The van der Waals surface area contributed by atoms with E-state index in [2.05, 4.69) is 6.07 Å². The number of furan rings is 1. The van der Waals surface area contributed by atoms with Crippen LogP contribution in [-0.2, 0) is 10.2 Å². The Morgan fingerprint density at radius 1 is 1.27 bits per heavy atom. The molecule has 1 fully saturated rings. The first kappa shape index (κ1) is 16.5. The fraction of sp³-hybridized carbons (Fsp3) is 0.333. The quantitative estimate of drug-likeness (QED) is 0.745. The van der Waals surface area contributed by atoms with Crippen molar-refractivity contribution in [2.75, 3.05) is 7.11 Å². The Hall–Kier alpha value is -3.00. The summed E-state index contributed by atoms with van der Waals surface area (Å²) in [5.41, 5.74) is 1.59. The van der Waals surface area contributed by atoms with Crippen LogP contribution >= 0.6 is 0 Å². The molecule has 5 heteroatoms. The van der Waals surface area contributed by atoms with Crippen molar-refractivity contribution in [1.29, 1.82) is 5.26 Å². The molecule has 132 valence electrons. The average Bonchev–Trinajstić information content (AvgIpc) is 3.07. The minimum atomic E-state index is -0.773. The fourth-order valence-corrected chi connectivity index (χ4v) is 4.16. The highest BCUT2D eigenvalue weighted by molar-refractivity contribution is 6.09. The van der Waals surface area contributed by atoms with Crippen molar-refractivity contribution in [3.8, 4) is 11.8 Å². The lowest BCUT2D eigenvalue weighted by Gasteiger charge is -2.34. The number of fused-ring (bicyclic) bond motifs is 3. The van der Waals surface area contributed by atoms with Gasteiger partial charge in [0.25, 0.3) is 0 Å². The second-order valence-electron chi connectivity index (χ2n) is 6.92. The summed E-state index contributed by atoms with van der Waals surface area (Å²) < 4.78 is 11.5. The standard InChI is InChI=1S/C21H19NO4/c1-25-17-7-6-15(18-14-4-2-3-5-16(14)26-19(17)18)21(12-22)10-8-13(9-11-21)20(23)24/h2-7,13H,8-11H2,1H3,(H,23,24). The Kier molecular flexibility index (Phi) is 3.84. The molecule has 3 aromatic rings. The van der Waals surface area contributed by atoms with Gasteiger partial charge in [0.1, 0.15) is 5.58 Å². The maximum absolute atomic E-state index is 11.3. The van der Waals surface area contributed by atoms with E-state index in [9.17, 15) is 15.2 Å². The number of ether oxygens (including phenoxy) is 1. The van der Waals surface area contributed by atoms with Crippen LogP contribution in [0.3, 0.4) is 0 Å². The molecule has 26 heavy (non-hydrogen) atoms. The number of carboxylic acid groups (broad SMARTS) is 1. The number of nitrogens with zero attached hydrogens (tertiary/aromatic N) is 1. The van der Waals surface area contributed by atoms with Gasteiger partial charge in [0.15, 0.2) is 11.3 Å². The molecule has 2 aromatic carbocycles. The zero-order chi connectivity index (χ0) is 18.3. The second kappa shape index (κ2) is 6.06. The van der Waals surface area contributed by atoms with E-state index in [0.717, 1.165) is 21.9 Å². The third-order valence-electron chi connectivity index (χ3n) is 5.63. The number of aliphatic carboxylic acids is 1. The Labute approximate surface area is 150 Å². The predicted molar refractivity (Wildman–Crippen MR) is 97.2 cm³/mol. The summed E-state index contributed by atoms with van der Waals surface area (Å²) >= 11 is 0. The number of benzene rings is 2. The summed E-state index contributed by atoms with van der Waals surface area (Å²) in [7, 11) is 1.60. The highest BCUT2D eigenvalue weighted by atomic mass is 16.5.